The Hall–Kier alpha value is -2.95. The molecule has 1 atom stereocenters. The van der Waals surface area contributed by atoms with E-state index < -0.39 is 18.0 Å². The molecule has 2 aromatic rings. The zero-order valence-electron chi connectivity index (χ0n) is 14.8. The quantitative estimate of drug-likeness (QED) is 0.833. The maximum absolute atomic E-state index is 14.2. The van der Waals surface area contributed by atoms with Crippen LogP contribution in [0.2, 0.25) is 0 Å². The molecule has 0 aliphatic heterocycles. The molecule has 1 heterocycles. The van der Waals surface area contributed by atoms with E-state index in [1.807, 2.05) is 0 Å². The van der Waals surface area contributed by atoms with Crippen molar-refractivity contribution < 1.29 is 13.6 Å². The number of carbonyl (C=O) groups is 1. The predicted octanol–water partition coefficient (Wildman–Crippen LogP) is 3.92. The first-order chi connectivity index (χ1) is 13.1. The third-order valence-electron chi connectivity index (χ3n) is 4.80. The summed E-state index contributed by atoms with van der Waals surface area (Å²) in [5.74, 6) is -0.418. The number of carbonyl (C=O) groups excluding carboxylic acids is 1. The molecule has 0 saturated heterocycles. The van der Waals surface area contributed by atoms with Crippen LogP contribution in [0.5, 0.6) is 0 Å². The van der Waals surface area contributed by atoms with Crippen LogP contribution in [0.25, 0.3) is 5.69 Å². The van der Waals surface area contributed by atoms with Crippen molar-refractivity contribution >= 4 is 11.8 Å². The molecule has 6 nitrogen and oxygen atoms in total. The van der Waals surface area contributed by atoms with Gasteiger partial charge in [-0.1, -0.05) is 25.3 Å². The van der Waals surface area contributed by atoms with Crippen LogP contribution in [0, 0.1) is 23.1 Å². The van der Waals surface area contributed by atoms with Gasteiger partial charge >= 0.3 is 6.03 Å². The minimum atomic E-state index is -1.06. The highest BCUT2D eigenvalue weighted by Gasteiger charge is 2.23. The van der Waals surface area contributed by atoms with E-state index in [0.29, 0.717) is 0 Å². The predicted molar refractivity (Wildman–Crippen MR) is 96.7 cm³/mol. The molecule has 2 amide bonds. The number of anilines is 1. The molecular weight excluding hydrogens is 352 g/mol. The van der Waals surface area contributed by atoms with Gasteiger partial charge in [0.1, 0.15) is 23.6 Å². The highest BCUT2D eigenvalue weighted by Crippen LogP contribution is 2.27. The molecule has 1 aromatic heterocycles. The number of nitrogens with one attached hydrogen (secondary N) is 2. The van der Waals surface area contributed by atoms with Gasteiger partial charge in [-0.05, 0) is 30.9 Å². The lowest BCUT2D eigenvalue weighted by molar-refractivity contribution is 0.177. The Morgan fingerprint density at radius 3 is 2.85 bits per heavy atom. The smallest absolute Gasteiger partial charge is 0.320 e. The van der Waals surface area contributed by atoms with Crippen molar-refractivity contribution in [1.29, 1.82) is 5.26 Å². The van der Waals surface area contributed by atoms with Gasteiger partial charge in [0, 0.05) is 12.3 Å². The van der Waals surface area contributed by atoms with E-state index >= 15 is 0 Å². The van der Waals surface area contributed by atoms with Gasteiger partial charge in [-0.2, -0.15) is 5.26 Å². The Labute approximate surface area is 156 Å². The third kappa shape index (κ3) is 4.61. The fourth-order valence-electron chi connectivity index (χ4n) is 3.35. The summed E-state index contributed by atoms with van der Waals surface area (Å²) in [6, 6.07) is 6.97. The van der Waals surface area contributed by atoms with E-state index in [0.717, 1.165) is 32.1 Å². The monoisotopic (exact) mass is 373 g/mol. The molecule has 1 unspecified atom stereocenters. The number of nitrogens with zero attached hydrogens (tertiary/aromatic N) is 3. The Morgan fingerprint density at radius 1 is 1.33 bits per heavy atom. The van der Waals surface area contributed by atoms with Crippen LogP contribution in [-0.4, -0.2) is 28.5 Å². The van der Waals surface area contributed by atoms with Crippen molar-refractivity contribution in [3.8, 4) is 11.8 Å². The standard InChI is InChI=1S/C19H21F2N5O/c20-15-7-4-8-17(14(15)11-22)26-10-9-18(25-26)24-19(27)23-12-16(21)13-5-2-1-3-6-13/h4,7-10,13,16H,1-3,5-6,12H2,(H2,23,24,25,27). The minimum absolute atomic E-state index is 0.00985. The van der Waals surface area contributed by atoms with Crippen LogP contribution in [0.15, 0.2) is 30.5 Å². The molecule has 142 valence electrons. The van der Waals surface area contributed by atoms with Crippen molar-refractivity contribution in [2.75, 3.05) is 11.9 Å². The zero-order chi connectivity index (χ0) is 19.2. The number of urea groups is 1. The van der Waals surface area contributed by atoms with Gasteiger partial charge in [-0.15, -0.1) is 5.10 Å². The van der Waals surface area contributed by atoms with Crippen molar-refractivity contribution in [2.24, 2.45) is 5.92 Å². The van der Waals surface area contributed by atoms with Crippen LogP contribution in [0.3, 0.4) is 0 Å². The van der Waals surface area contributed by atoms with Gasteiger partial charge < -0.3 is 5.32 Å². The molecule has 2 N–H and O–H groups in total. The molecule has 0 radical (unpaired) electrons. The fraction of sp³-hybridized carbons (Fsp3) is 0.421. The molecule has 3 rings (SSSR count). The molecule has 1 fully saturated rings. The van der Waals surface area contributed by atoms with Crippen LogP contribution < -0.4 is 10.6 Å². The third-order valence-corrected chi connectivity index (χ3v) is 4.80. The molecule has 1 aliphatic rings. The Morgan fingerprint density at radius 2 is 2.11 bits per heavy atom. The van der Waals surface area contributed by atoms with Crippen molar-refractivity contribution in [1.82, 2.24) is 15.1 Å². The second-order valence-electron chi connectivity index (χ2n) is 6.64. The molecule has 8 heteroatoms. The van der Waals surface area contributed by atoms with E-state index in [2.05, 4.69) is 15.7 Å². The maximum Gasteiger partial charge on any atom is 0.320 e. The number of nitriles is 1. The van der Waals surface area contributed by atoms with Gasteiger partial charge in [0.05, 0.1) is 12.2 Å². The van der Waals surface area contributed by atoms with Gasteiger partial charge in [0.2, 0.25) is 0 Å². The second kappa shape index (κ2) is 8.62. The van der Waals surface area contributed by atoms with Gasteiger partial charge in [0.15, 0.2) is 5.82 Å². The molecule has 0 bridgehead atoms. The summed E-state index contributed by atoms with van der Waals surface area (Å²) < 4.78 is 29.2. The number of rotatable bonds is 5. The zero-order valence-corrected chi connectivity index (χ0v) is 14.8. The van der Waals surface area contributed by atoms with E-state index in [1.54, 1.807) is 12.1 Å². The molecular formula is C19H21F2N5O. The second-order valence-corrected chi connectivity index (χ2v) is 6.64. The molecule has 0 spiro atoms. The number of amides is 2. The minimum Gasteiger partial charge on any atom is -0.335 e. The van der Waals surface area contributed by atoms with Crippen LogP contribution in [-0.2, 0) is 0 Å². The van der Waals surface area contributed by atoms with E-state index in [1.165, 1.54) is 29.1 Å². The summed E-state index contributed by atoms with van der Waals surface area (Å²) in [6.07, 6.45) is 5.41. The van der Waals surface area contributed by atoms with E-state index in [9.17, 15) is 13.6 Å². The number of alkyl halides is 1. The summed E-state index contributed by atoms with van der Waals surface area (Å²) in [4.78, 5) is 12.0. The first kappa shape index (κ1) is 18.8. The highest BCUT2D eigenvalue weighted by atomic mass is 19.1. The summed E-state index contributed by atoms with van der Waals surface area (Å²) in [5.41, 5.74) is 0.136. The summed E-state index contributed by atoms with van der Waals surface area (Å²) in [7, 11) is 0. The van der Waals surface area contributed by atoms with Crippen molar-refractivity contribution in [3.05, 3.63) is 41.8 Å². The van der Waals surface area contributed by atoms with Crippen molar-refractivity contribution in [2.45, 2.75) is 38.3 Å². The maximum atomic E-state index is 14.2. The molecule has 1 aromatic carbocycles. The van der Waals surface area contributed by atoms with Crippen LogP contribution in [0.1, 0.15) is 37.7 Å². The molecule has 1 saturated carbocycles. The topological polar surface area (TPSA) is 82.7 Å². The normalized spacial score (nSPS) is 15.7. The Bertz CT molecular complexity index is 839. The number of hydrogen-bond acceptors (Lipinski definition) is 3. The van der Waals surface area contributed by atoms with E-state index in [-0.39, 0.29) is 29.5 Å². The van der Waals surface area contributed by atoms with E-state index in [4.69, 9.17) is 5.26 Å². The lowest BCUT2D eigenvalue weighted by Crippen LogP contribution is -2.37. The first-order valence-electron chi connectivity index (χ1n) is 9.02. The molecule has 27 heavy (non-hydrogen) atoms. The summed E-state index contributed by atoms with van der Waals surface area (Å²) in [6.45, 7) is -0.0420. The largest absolute Gasteiger partial charge is 0.335 e. The van der Waals surface area contributed by atoms with Crippen LogP contribution in [0.4, 0.5) is 19.4 Å². The number of halogens is 2. The lowest BCUT2D eigenvalue weighted by Gasteiger charge is -2.25. The summed E-state index contributed by atoms with van der Waals surface area (Å²) >= 11 is 0. The van der Waals surface area contributed by atoms with Gasteiger partial charge in [-0.25, -0.2) is 18.3 Å². The molecule has 1 aliphatic carbocycles. The number of aromatic nitrogens is 2. The van der Waals surface area contributed by atoms with Crippen LogP contribution >= 0.6 is 0 Å². The first-order valence-corrected chi connectivity index (χ1v) is 9.02. The van der Waals surface area contributed by atoms with Gasteiger partial charge in [-0.3, -0.25) is 5.32 Å². The fourth-order valence-corrected chi connectivity index (χ4v) is 3.35. The van der Waals surface area contributed by atoms with Crippen molar-refractivity contribution in [3.63, 3.8) is 0 Å². The Kier molecular flexibility index (Phi) is 6.01. The number of hydrogen-bond donors (Lipinski definition) is 2. The SMILES string of the molecule is N#Cc1c(F)cccc1-n1ccc(NC(=O)NCC(F)C2CCCCC2)n1. The lowest BCUT2D eigenvalue weighted by atomic mass is 9.86. The average Bonchev–Trinajstić information content (AvgIpc) is 3.14. The average molecular weight is 373 g/mol. The Balaban J connectivity index is 1.57. The number of benzene rings is 1. The highest BCUT2D eigenvalue weighted by molar-refractivity contribution is 5.88. The van der Waals surface area contributed by atoms with Gasteiger partial charge in [0.25, 0.3) is 0 Å². The summed E-state index contributed by atoms with van der Waals surface area (Å²) in [5, 5.41) is 18.3.